The molecule has 0 fully saturated rings. The lowest BCUT2D eigenvalue weighted by Crippen LogP contribution is -2.25. The molecular weight excluding hydrogens is 450 g/mol. The summed E-state index contributed by atoms with van der Waals surface area (Å²) in [5.74, 6) is -0.0959. The number of carbonyl (C=O) groups excluding carboxylic acids is 1. The van der Waals surface area contributed by atoms with Crippen LogP contribution in [0.15, 0.2) is 51.7 Å². The molecule has 2 aromatic carbocycles. The molecular formula is C19H17BrClN3O2S. The van der Waals surface area contributed by atoms with E-state index < -0.39 is 0 Å². The van der Waals surface area contributed by atoms with E-state index in [2.05, 4.69) is 26.2 Å². The van der Waals surface area contributed by atoms with Crippen molar-refractivity contribution in [1.82, 2.24) is 14.9 Å². The Labute approximate surface area is 174 Å². The van der Waals surface area contributed by atoms with Gasteiger partial charge in [0.2, 0.25) is 5.91 Å². The number of hydrogen-bond donors (Lipinski definition) is 2. The third-order valence-corrected chi connectivity index (χ3v) is 5.35. The van der Waals surface area contributed by atoms with E-state index >= 15 is 0 Å². The second kappa shape index (κ2) is 8.82. The first-order valence-electron chi connectivity index (χ1n) is 8.38. The molecule has 0 spiro atoms. The largest absolute Gasteiger partial charge is 0.352 e. The molecule has 2 N–H and O–H groups in total. The summed E-state index contributed by atoms with van der Waals surface area (Å²) in [7, 11) is 0. The van der Waals surface area contributed by atoms with Gasteiger partial charge in [-0.1, -0.05) is 45.7 Å². The van der Waals surface area contributed by atoms with Gasteiger partial charge in [-0.25, -0.2) is 0 Å². The normalized spacial score (nSPS) is 10.9. The molecule has 0 aliphatic rings. The van der Waals surface area contributed by atoms with Crippen molar-refractivity contribution in [3.8, 4) is 0 Å². The fourth-order valence-electron chi connectivity index (χ4n) is 2.75. The zero-order valence-electron chi connectivity index (χ0n) is 14.3. The zero-order chi connectivity index (χ0) is 19.4. The number of benzene rings is 2. The molecule has 3 rings (SSSR count). The Morgan fingerprint density at radius 1 is 1.26 bits per heavy atom. The Hall–Kier alpha value is -1.96. The number of rotatable bonds is 6. The number of H-pyrrole nitrogens is 1. The lowest BCUT2D eigenvalue weighted by Gasteiger charge is -2.09. The van der Waals surface area contributed by atoms with Gasteiger partial charge in [0, 0.05) is 29.0 Å². The van der Waals surface area contributed by atoms with Crippen LogP contribution in [0.2, 0.25) is 5.02 Å². The number of aromatic nitrogens is 2. The number of hydrogen-bond acceptors (Lipinski definition) is 3. The highest BCUT2D eigenvalue weighted by molar-refractivity contribution is 9.10. The van der Waals surface area contributed by atoms with Crippen LogP contribution in [0.3, 0.4) is 0 Å². The van der Waals surface area contributed by atoms with E-state index in [0.717, 1.165) is 10.0 Å². The third kappa shape index (κ3) is 4.86. The summed E-state index contributed by atoms with van der Waals surface area (Å²) >= 11 is 14.7. The molecule has 0 radical (unpaired) electrons. The molecule has 8 heteroatoms. The smallest absolute Gasteiger partial charge is 0.262 e. The minimum atomic E-state index is -0.161. The number of nitrogens with one attached hydrogen (secondary N) is 2. The van der Waals surface area contributed by atoms with Gasteiger partial charge in [0.05, 0.1) is 10.9 Å². The zero-order valence-corrected chi connectivity index (χ0v) is 17.5. The Kier molecular flexibility index (Phi) is 6.46. The summed E-state index contributed by atoms with van der Waals surface area (Å²) in [4.78, 5) is 27.8. The maximum Gasteiger partial charge on any atom is 0.262 e. The summed E-state index contributed by atoms with van der Waals surface area (Å²) in [5, 5.41) is 4.02. The number of amides is 1. The van der Waals surface area contributed by atoms with Gasteiger partial charge in [0.25, 0.3) is 5.56 Å². The molecule has 1 heterocycles. The SMILES string of the molecule is O=C(CCCn1c(=S)[nH]c2ccc(Br)cc2c1=O)NCc1ccccc1Cl. The number of fused-ring (bicyclic) bond motifs is 1. The Morgan fingerprint density at radius 3 is 2.81 bits per heavy atom. The Bertz CT molecular complexity index is 1110. The monoisotopic (exact) mass is 465 g/mol. The quantitative estimate of drug-likeness (QED) is 0.523. The average molecular weight is 467 g/mol. The van der Waals surface area contributed by atoms with Crippen molar-refractivity contribution in [3.63, 3.8) is 0 Å². The van der Waals surface area contributed by atoms with Crippen molar-refractivity contribution >= 4 is 56.6 Å². The summed E-state index contributed by atoms with van der Waals surface area (Å²) in [6.07, 6.45) is 0.799. The highest BCUT2D eigenvalue weighted by Gasteiger charge is 2.08. The van der Waals surface area contributed by atoms with Crippen LogP contribution in [0, 0.1) is 4.77 Å². The van der Waals surface area contributed by atoms with E-state index in [4.69, 9.17) is 23.8 Å². The van der Waals surface area contributed by atoms with E-state index in [0.29, 0.717) is 46.6 Å². The van der Waals surface area contributed by atoms with Crippen LogP contribution in [0.4, 0.5) is 0 Å². The lowest BCUT2D eigenvalue weighted by molar-refractivity contribution is -0.121. The predicted molar refractivity (Wildman–Crippen MR) is 114 cm³/mol. The van der Waals surface area contributed by atoms with Crippen LogP contribution in [0.25, 0.3) is 10.9 Å². The van der Waals surface area contributed by atoms with Gasteiger partial charge < -0.3 is 10.3 Å². The molecule has 5 nitrogen and oxygen atoms in total. The van der Waals surface area contributed by atoms with E-state index in [9.17, 15) is 9.59 Å². The minimum absolute atomic E-state index is 0.0959. The Balaban J connectivity index is 1.62. The molecule has 0 atom stereocenters. The van der Waals surface area contributed by atoms with Crippen molar-refractivity contribution in [2.45, 2.75) is 25.9 Å². The van der Waals surface area contributed by atoms with Gasteiger partial charge in [-0.2, -0.15) is 0 Å². The first-order valence-corrected chi connectivity index (χ1v) is 9.96. The molecule has 0 aliphatic carbocycles. The maximum absolute atomic E-state index is 12.7. The lowest BCUT2D eigenvalue weighted by atomic mass is 10.2. The first-order chi connectivity index (χ1) is 13.0. The van der Waals surface area contributed by atoms with Gasteiger partial charge in [0.15, 0.2) is 4.77 Å². The second-order valence-corrected chi connectivity index (χ2v) is 7.76. The molecule has 1 amide bonds. The standard InChI is InChI=1S/C19H17BrClN3O2S/c20-13-7-8-16-14(10-13)18(26)24(19(27)23-16)9-3-6-17(25)22-11-12-4-1-2-5-15(12)21/h1-2,4-5,7-8,10H,3,6,9,11H2,(H,22,25)(H,23,27). The van der Waals surface area contributed by atoms with E-state index in [1.54, 1.807) is 12.1 Å². The summed E-state index contributed by atoms with van der Waals surface area (Å²) in [6.45, 7) is 0.749. The number of halogens is 2. The number of nitrogens with zero attached hydrogens (tertiary/aromatic N) is 1. The molecule has 0 unspecified atom stereocenters. The maximum atomic E-state index is 12.7. The number of carbonyl (C=O) groups is 1. The summed E-state index contributed by atoms with van der Waals surface area (Å²) in [6, 6.07) is 12.8. The minimum Gasteiger partial charge on any atom is -0.352 e. The van der Waals surface area contributed by atoms with E-state index in [1.165, 1.54) is 4.57 Å². The van der Waals surface area contributed by atoms with Gasteiger partial charge in [-0.15, -0.1) is 0 Å². The molecule has 3 aromatic rings. The van der Waals surface area contributed by atoms with Gasteiger partial charge in [0.1, 0.15) is 0 Å². The Morgan fingerprint density at radius 2 is 2.04 bits per heavy atom. The van der Waals surface area contributed by atoms with Crippen LogP contribution in [0.1, 0.15) is 18.4 Å². The topological polar surface area (TPSA) is 66.9 Å². The number of aromatic amines is 1. The van der Waals surface area contributed by atoms with Gasteiger partial charge in [-0.05, 0) is 48.5 Å². The van der Waals surface area contributed by atoms with E-state index in [-0.39, 0.29) is 11.5 Å². The highest BCUT2D eigenvalue weighted by Crippen LogP contribution is 2.16. The van der Waals surface area contributed by atoms with E-state index in [1.807, 2.05) is 30.3 Å². The van der Waals surface area contributed by atoms with Gasteiger partial charge >= 0.3 is 0 Å². The molecule has 1 aromatic heterocycles. The third-order valence-electron chi connectivity index (χ3n) is 4.16. The fraction of sp³-hybridized carbons (Fsp3) is 0.211. The predicted octanol–water partition coefficient (Wildman–Crippen LogP) is 4.57. The second-order valence-electron chi connectivity index (χ2n) is 6.05. The van der Waals surface area contributed by atoms with Crippen LogP contribution in [0.5, 0.6) is 0 Å². The molecule has 27 heavy (non-hydrogen) atoms. The van der Waals surface area contributed by atoms with Crippen LogP contribution >= 0.6 is 39.7 Å². The van der Waals surface area contributed by atoms with Crippen molar-refractivity contribution in [2.24, 2.45) is 0 Å². The molecule has 0 bridgehead atoms. The summed E-state index contributed by atoms with van der Waals surface area (Å²) in [5.41, 5.74) is 1.40. The van der Waals surface area contributed by atoms with Crippen molar-refractivity contribution < 1.29 is 4.79 Å². The van der Waals surface area contributed by atoms with Crippen LogP contribution in [-0.4, -0.2) is 15.5 Å². The fourth-order valence-corrected chi connectivity index (χ4v) is 3.60. The highest BCUT2D eigenvalue weighted by atomic mass is 79.9. The van der Waals surface area contributed by atoms with Crippen LogP contribution in [-0.2, 0) is 17.9 Å². The molecule has 140 valence electrons. The van der Waals surface area contributed by atoms with Crippen molar-refractivity contribution in [3.05, 3.63) is 72.6 Å². The first kappa shape index (κ1) is 19.8. The average Bonchev–Trinajstić information content (AvgIpc) is 2.64. The molecule has 0 aliphatic heterocycles. The molecule has 0 saturated carbocycles. The van der Waals surface area contributed by atoms with Crippen LogP contribution < -0.4 is 10.9 Å². The van der Waals surface area contributed by atoms with Crippen molar-refractivity contribution in [2.75, 3.05) is 0 Å². The molecule has 0 saturated heterocycles. The van der Waals surface area contributed by atoms with Gasteiger partial charge in [-0.3, -0.25) is 14.2 Å². The van der Waals surface area contributed by atoms with Crippen molar-refractivity contribution in [1.29, 1.82) is 0 Å². The summed E-state index contributed by atoms with van der Waals surface area (Å²) < 4.78 is 2.67.